The van der Waals surface area contributed by atoms with Crippen LogP contribution in [0.25, 0.3) is 0 Å². The molecule has 0 amide bonds. The van der Waals surface area contributed by atoms with Crippen molar-refractivity contribution in [2.75, 3.05) is 0 Å². The van der Waals surface area contributed by atoms with Crippen molar-refractivity contribution in [3.63, 3.8) is 0 Å². The van der Waals surface area contributed by atoms with E-state index in [9.17, 15) is 4.79 Å². The summed E-state index contributed by atoms with van der Waals surface area (Å²) in [5.41, 5.74) is 1.83. The Kier molecular flexibility index (Phi) is 14.2. The van der Waals surface area contributed by atoms with Gasteiger partial charge in [-0.3, -0.25) is 4.79 Å². The second-order valence-electron chi connectivity index (χ2n) is 7.22. The fourth-order valence-electron chi connectivity index (χ4n) is 2.12. The molecule has 0 unspecified atom stereocenters. The molecule has 0 saturated heterocycles. The van der Waals surface area contributed by atoms with E-state index in [0.717, 1.165) is 37.2 Å². The Bertz CT molecular complexity index is 414. The van der Waals surface area contributed by atoms with Gasteiger partial charge in [-0.2, -0.15) is 0 Å². The van der Waals surface area contributed by atoms with E-state index in [4.69, 9.17) is 4.74 Å². The average molecular weight is 335 g/mol. The highest BCUT2D eigenvalue weighted by atomic mass is 16.6. The largest absolute Gasteiger partial charge is 0.460 e. The number of carbonyl (C=O) groups excluding carboxylic acids is 1. The molecule has 0 aromatic heterocycles. The van der Waals surface area contributed by atoms with Crippen molar-refractivity contribution >= 4 is 5.97 Å². The highest BCUT2D eigenvalue weighted by Gasteiger charge is 2.20. The molecule has 0 atom stereocenters. The minimum atomic E-state index is -0.368. The van der Waals surface area contributed by atoms with E-state index in [0.29, 0.717) is 0 Å². The van der Waals surface area contributed by atoms with Crippen molar-refractivity contribution in [2.24, 2.45) is 5.92 Å². The van der Waals surface area contributed by atoms with Crippen LogP contribution in [0, 0.1) is 5.92 Å². The summed E-state index contributed by atoms with van der Waals surface area (Å²) in [5.74, 6) is 0.593. The van der Waals surface area contributed by atoms with Gasteiger partial charge in [-0.05, 0) is 51.9 Å². The maximum Gasteiger partial charge on any atom is 0.303 e. The van der Waals surface area contributed by atoms with Crippen molar-refractivity contribution in [3.05, 3.63) is 49.6 Å². The molecule has 2 nitrogen and oxygen atoms in total. The minimum absolute atomic E-state index is 0.224. The van der Waals surface area contributed by atoms with Crippen LogP contribution in [-0.4, -0.2) is 11.6 Å². The molecule has 0 aliphatic carbocycles. The summed E-state index contributed by atoms with van der Waals surface area (Å²) in [4.78, 5) is 10.8. The van der Waals surface area contributed by atoms with Crippen LogP contribution in [0.3, 0.4) is 0 Å². The van der Waals surface area contributed by atoms with Crippen molar-refractivity contribution in [1.29, 1.82) is 0 Å². The lowest BCUT2D eigenvalue weighted by Gasteiger charge is -2.24. The highest BCUT2D eigenvalue weighted by molar-refractivity contribution is 5.66. The Morgan fingerprint density at radius 1 is 1.04 bits per heavy atom. The third-order valence-electron chi connectivity index (χ3n) is 3.55. The number of carbonyl (C=O) groups is 1. The molecule has 0 aromatic carbocycles. The van der Waals surface area contributed by atoms with Crippen LogP contribution in [0.5, 0.6) is 0 Å². The first-order valence-electron chi connectivity index (χ1n) is 8.84. The smallest absolute Gasteiger partial charge is 0.303 e. The normalized spacial score (nSPS) is 10.4. The van der Waals surface area contributed by atoms with E-state index in [2.05, 4.69) is 40.2 Å². The maximum absolute atomic E-state index is 10.8. The third kappa shape index (κ3) is 18.5. The second kappa shape index (κ2) is 13.8. The fraction of sp³-hybridized carbons (Fsp3) is 0.591. The number of allylic oxidation sites excluding steroid dienone is 4. The Labute approximate surface area is 150 Å². The van der Waals surface area contributed by atoms with Crippen LogP contribution in [0.15, 0.2) is 49.6 Å². The maximum atomic E-state index is 10.8. The molecule has 0 rings (SSSR count). The monoisotopic (exact) mass is 334 g/mol. The first-order valence-corrected chi connectivity index (χ1v) is 8.84. The quantitative estimate of drug-likeness (QED) is 0.307. The van der Waals surface area contributed by atoms with Gasteiger partial charge in [0.1, 0.15) is 5.60 Å². The van der Waals surface area contributed by atoms with E-state index >= 15 is 0 Å². The number of esters is 1. The molecular weight excluding hydrogens is 296 g/mol. The Balaban J connectivity index is 0. The van der Waals surface area contributed by atoms with Crippen molar-refractivity contribution in [1.82, 2.24) is 0 Å². The lowest BCUT2D eigenvalue weighted by Crippen LogP contribution is -2.26. The molecule has 2 heteroatoms. The summed E-state index contributed by atoms with van der Waals surface area (Å²) in [5, 5.41) is 0. The van der Waals surface area contributed by atoms with Crippen molar-refractivity contribution in [2.45, 2.75) is 78.7 Å². The van der Waals surface area contributed by atoms with Gasteiger partial charge in [0.2, 0.25) is 0 Å². The van der Waals surface area contributed by atoms with Gasteiger partial charge in [0.05, 0.1) is 0 Å². The number of rotatable bonds is 11. The summed E-state index contributed by atoms with van der Waals surface area (Å²) in [6.45, 7) is 24.7. The van der Waals surface area contributed by atoms with Crippen LogP contribution in [0.1, 0.15) is 73.1 Å². The lowest BCUT2D eigenvalue weighted by molar-refractivity contribution is -0.154. The van der Waals surface area contributed by atoms with Crippen molar-refractivity contribution < 1.29 is 9.53 Å². The topological polar surface area (TPSA) is 26.3 Å². The fourth-order valence-corrected chi connectivity index (χ4v) is 2.12. The molecule has 138 valence electrons. The Morgan fingerprint density at radius 3 is 1.88 bits per heavy atom. The van der Waals surface area contributed by atoms with Crippen LogP contribution in [0.4, 0.5) is 0 Å². The molecule has 0 N–H and O–H groups in total. The summed E-state index contributed by atoms with van der Waals surface area (Å²) in [6, 6.07) is 0. The second-order valence-corrected chi connectivity index (χ2v) is 7.22. The van der Waals surface area contributed by atoms with Gasteiger partial charge in [-0.15, -0.1) is 0 Å². The molecule has 0 aromatic rings. The highest BCUT2D eigenvalue weighted by Crippen LogP contribution is 2.19. The lowest BCUT2D eigenvalue weighted by atomic mass is 9.99. The van der Waals surface area contributed by atoms with Crippen LogP contribution < -0.4 is 0 Å². The SMILES string of the molecule is C=CC(=C)CCCC(C)(C)OC(C)=O.C=CC(=C)CCCC(C)C. The average Bonchev–Trinajstić information content (AvgIpc) is 2.45. The Hall–Kier alpha value is -1.57. The van der Waals surface area contributed by atoms with Gasteiger partial charge in [-0.25, -0.2) is 0 Å². The molecule has 0 aliphatic heterocycles. The zero-order valence-electron chi connectivity index (χ0n) is 16.6. The van der Waals surface area contributed by atoms with Crippen LogP contribution >= 0.6 is 0 Å². The van der Waals surface area contributed by atoms with E-state index in [1.165, 1.54) is 25.3 Å². The van der Waals surface area contributed by atoms with E-state index in [1.807, 2.05) is 19.9 Å². The van der Waals surface area contributed by atoms with Gasteiger partial charge in [0.15, 0.2) is 0 Å². The van der Waals surface area contributed by atoms with Gasteiger partial charge in [0.25, 0.3) is 0 Å². The first-order chi connectivity index (χ1) is 11.0. The third-order valence-corrected chi connectivity index (χ3v) is 3.55. The van der Waals surface area contributed by atoms with E-state index < -0.39 is 0 Å². The molecule has 0 spiro atoms. The van der Waals surface area contributed by atoms with E-state index in [-0.39, 0.29) is 11.6 Å². The molecule has 24 heavy (non-hydrogen) atoms. The molecule has 0 aliphatic rings. The van der Waals surface area contributed by atoms with Gasteiger partial charge in [-0.1, -0.05) is 69.9 Å². The first kappa shape index (κ1) is 24.7. The molecule has 0 saturated carbocycles. The zero-order valence-corrected chi connectivity index (χ0v) is 16.6. The van der Waals surface area contributed by atoms with Crippen LogP contribution in [-0.2, 0) is 9.53 Å². The molecule has 0 fully saturated rings. The predicted octanol–water partition coefficient (Wildman–Crippen LogP) is 6.80. The molecule has 0 heterocycles. The van der Waals surface area contributed by atoms with Gasteiger partial charge in [0, 0.05) is 6.92 Å². The summed E-state index contributed by atoms with van der Waals surface area (Å²) in [6.07, 6.45) is 10.00. The summed E-state index contributed by atoms with van der Waals surface area (Å²) >= 11 is 0. The summed E-state index contributed by atoms with van der Waals surface area (Å²) in [7, 11) is 0. The van der Waals surface area contributed by atoms with Gasteiger partial charge >= 0.3 is 5.97 Å². The van der Waals surface area contributed by atoms with Crippen molar-refractivity contribution in [3.8, 4) is 0 Å². The molecule has 0 radical (unpaired) electrons. The number of ether oxygens (including phenoxy) is 1. The standard InChI is InChI=1S/C12H20O2.C10H18/c1-6-10(2)8-7-9-12(4,5)14-11(3)13;1-5-10(4)8-6-7-9(2)3/h6H,1-2,7-9H2,3-5H3;5,9H,1,4,6-8H2,2-3H3. The Morgan fingerprint density at radius 2 is 1.50 bits per heavy atom. The molecule has 0 bridgehead atoms. The number of hydrogen-bond donors (Lipinski definition) is 0. The van der Waals surface area contributed by atoms with Crippen LogP contribution in [0.2, 0.25) is 0 Å². The van der Waals surface area contributed by atoms with Gasteiger partial charge < -0.3 is 4.74 Å². The zero-order chi connectivity index (χ0) is 19.2. The predicted molar refractivity (Wildman–Crippen MR) is 107 cm³/mol. The summed E-state index contributed by atoms with van der Waals surface area (Å²) < 4.78 is 5.16. The number of hydrogen-bond acceptors (Lipinski definition) is 2. The minimum Gasteiger partial charge on any atom is -0.460 e. The van der Waals surface area contributed by atoms with E-state index in [1.54, 1.807) is 6.08 Å². The molecular formula is C22H38O2.